The summed E-state index contributed by atoms with van der Waals surface area (Å²) in [4.78, 5) is 4.75. The summed E-state index contributed by atoms with van der Waals surface area (Å²) in [5.41, 5.74) is 8.59. The highest BCUT2D eigenvalue weighted by molar-refractivity contribution is 5.58. The molecule has 0 spiro atoms. The molecular weight excluding hydrogens is 242 g/mol. The van der Waals surface area contributed by atoms with E-state index >= 15 is 0 Å². The summed E-state index contributed by atoms with van der Waals surface area (Å²) < 4.78 is 0. The number of aromatic nitrogens is 1. The Morgan fingerprint density at radius 2 is 1.95 bits per heavy atom. The third-order valence-electron chi connectivity index (χ3n) is 3.87. The molecule has 0 aliphatic heterocycles. The lowest BCUT2D eigenvalue weighted by Crippen LogP contribution is -2.00. The Hall–Kier alpha value is -1.89. The molecule has 0 fully saturated rings. The summed E-state index contributed by atoms with van der Waals surface area (Å²) >= 11 is 0. The van der Waals surface area contributed by atoms with E-state index in [2.05, 4.69) is 57.7 Å². The first-order valence-electron chi connectivity index (χ1n) is 7.22. The Labute approximate surface area is 122 Å². The second-order valence-corrected chi connectivity index (χ2v) is 5.52. The molecule has 0 radical (unpaired) electrons. The third kappa shape index (κ3) is 3.16. The van der Waals surface area contributed by atoms with Gasteiger partial charge >= 0.3 is 0 Å². The van der Waals surface area contributed by atoms with Crippen molar-refractivity contribution in [2.75, 3.05) is 0 Å². The summed E-state index contributed by atoms with van der Waals surface area (Å²) in [6.07, 6.45) is 1.92. The van der Waals surface area contributed by atoms with Crippen LogP contribution in [0, 0.1) is 13.8 Å². The zero-order valence-electron chi connectivity index (χ0n) is 13.0. The van der Waals surface area contributed by atoms with Crippen molar-refractivity contribution in [1.82, 2.24) is 4.98 Å². The van der Waals surface area contributed by atoms with Gasteiger partial charge in [-0.25, -0.2) is 0 Å². The van der Waals surface area contributed by atoms with Gasteiger partial charge in [-0.2, -0.15) is 0 Å². The molecule has 0 atom stereocenters. The molecule has 104 valence electrons. The van der Waals surface area contributed by atoms with E-state index in [4.69, 9.17) is 4.98 Å². The molecule has 2 rings (SSSR count). The van der Waals surface area contributed by atoms with Crippen molar-refractivity contribution in [3.63, 3.8) is 0 Å². The first-order chi connectivity index (χ1) is 9.51. The molecule has 1 nitrogen and oxygen atoms in total. The summed E-state index contributed by atoms with van der Waals surface area (Å²) in [5.74, 6) is 0. The van der Waals surface area contributed by atoms with Crippen LogP contribution >= 0.6 is 0 Å². The van der Waals surface area contributed by atoms with Crippen LogP contribution in [-0.2, 0) is 12.8 Å². The Morgan fingerprint density at radius 1 is 1.20 bits per heavy atom. The number of benzene rings is 1. The lowest BCUT2D eigenvalue weighted by molar-refractivity contribution is 1.01. The highest BCUT2D eigenvalue weighted by atomic mass is 14.7. The van der Waals surface area contributed by atoms with Gasteiger partial charge in [0.05, 0.1) is 5.69 Å². The highest BCUT2D eigenvalue weighted by Crippen LogP contribution is 2.19. The molecule has 1 aromatic carbocycles. The van der Waals surface area contributed by atoms with Crippen LogP contribution in [0.15, 0.2) is 36.9 Å². The molecule has 0 amide bonds. The molecule has 20 heavy (non-hydrogen) atoms. The number of hydrogen-bond acceptors (Lipinski definition) is 1. The minimum Gasteiger partial charge on any atom is -0.253 e. The Kier molecular flexibility index (Phi) is 4.39. The molecule has 1 heterocycles. The van der Waals surface area contributed by atoms with Gasteiger partial charge in [0.25, 0.3) is 0 Å². The van der Waals surface area contributed by atoms with Gasteiger partial charge in [-0.1, -0.05) is 31.7 Å². The van der Waals surface area contributed by atoms with Crippen LogP contribution in [0.1, 0.15) is 47.5 Å². The second kappa shape index (κ2) is 6.04. The van der Waals surface area contributed by atoms with Crippen molar-refractivity contribution in [3.05, 3.63) is 70.6 Å². The lowest BCUT2D eigenvalue weighted by Gasteiger charge is -2.11. The highest BCUT2D eigenvalue weighted by Gasteiger charge is 2.06. The predicted octanol–water partition coefficient (Wildman–Crippen LogP) is 4.88. The van der Waals surface area contributed by atoms with E-state index in [1.54, 1.807) is 0 Å². The van der Waals surface area contributed by atoms with Gasteiger partial charge in [-0.3, -0.25) is 4.98 Å². The summed E-state index contributed by atoms with van der Waals surface area (Å²) in [6, 6.07) is 10.8. The molecule has 1 aromatic heterocycles. The minimum atomic E-state index is 0.891. The number of pyridine rings is 1. The van der Waals surface area contributed by atoms with Crippen LogP contribution in [-0.4, -0.2) is 4.98 Å². The fourth-order valence-electron chi connectivity index (χ4n) is 2.36. The largest absolute Gasteiger partial charge is 0.253 e. The fraction of sp³-hybridized carbons (Fsp3) is 0.316. The van der Waals surface area contributed by atoms with Crippen LogP contribution < -0.4 is 0 Å². The molecule has 1 heteroatoms. The standard InChI is InChI=1S/C19H23N/c1-6-16-10-18(20-19(11-16)13(2)3)12-17-9-7-8-14(4)15(17)5/h7-11H,2,6,12H2,1,3-5H3. The smallest absolute Gasteiger partial charge is 0.0659 e. The maximum atomic E-state index is 4.75. The van der Waals surface area contributed by atoms with E-state index in [9.17, 15) is 0 Å². The van der Waals surface area contributed by atoms with Gasteiger partial charge in [0.1, 0.15) is 0 Å². The van der Waals surface area contributed by atoms with Crippen molar-refractivity contribution < 1.29 is 0 Å². The fourth-order valence-corrected chi connectivity index (χ4v) is 2.36. The number of nitrogens with zero attached hydrogens (tertiary/aromatic N) is 1. The molecule has 0 saturated heterocycles. The average Bonchev–Trinajstić information content (AvgIpc) is 2.43. The molecule has 0 unspecified atom stereocenters. The number of aryl methyl sites for hydroxylation is 2. The van der Waals surface area contributed by atoms with Crippen molar-refractivity contribution in [2.24, 2.45) is 0 Å². The maximum Gasteiger partial charge on any atom is 0.0659 e. The minimum absolute atomic E-state index is 0.891. The average molecular weight is 265 g/mol. The van der Waals surface area contributed by atoms with Crippen molar-refractivity contribution in [1.29, 1.82) is 0 Å². The maximum absolute atomic E-state index is 4.75. The molecule has 0 saturated carbocycles. The van der Waals surface area contributed by atoms with Crippen LogP contribution in [0.25, 0.3) is 5.57 Å². The zero-order valence-corrected chi connectivity index (χ0v) is 13.0. The summed E-state index contributed by atoms with van der Waals surface area (Å²) in [6.45, 7) is 12.6. The predicted molar refractivity (Wildman–Crippen MR) is 87.0 cm³/mol. The zero-order chi connectivity index (χ0) is 14.7. The van der Waals surface area contributed by atoms with Gasteiger partial charge in [0.2, 0.25) is 0 Å². The lowest BCUT2D eigenvalue weighted by atomic mass is 9.98. The van der Waals surface area contributed by atoms with Crippen molar-refractivity contribution >= 4 is 5.57 Å². The Morgan fingerprint density at radius 3 is 2.60 bits per heavy atom. The number of hydrogen-bond donors (Lipinski definition) is 0. The van der Waals surface area contributed by atoms with Crippen LogP contribution in [0.2, 0.25) is 0 Å². The van der Waals surface area contributed by atoms with Crippen molar-refractivity contribution in [3.8, 4) is 0 Å². The number of allylic oxidation sites excluding steroid dienone is 1. The molecule has 0 N–H and O–H groups in total. The number of rotatable bonds is 4. The van der Waals surface area contributed by atoms with E-state index < -0.39 is 0 Å². The normalized spacial score (nSPS) is 10.6. The summed E-state index contributed by atoms with van der Waals surface area (Å²) in [7, 11) is 0. The first kappa shape index (κ1) is 14.5. The monoisotopic (exact) mass is 265 g/mol. The second-order valence-electron chi connectivity index (χ2n) is 5.52. The van der Waals surface area contributed by atoms with E-state index in [0.717, 1.165) is 29.8 Å². The van der Waals surface area contributed by atoms with Crippen LogP contribution in [0.4, 0.5) is 0 Å². The SMILES string of the molecule is C=C(C)c1cc(CC)cc(Cc2cccc(C)c2C)n1. The molecular formula is C19H23N. The first-order valence-corrected chi connectivity index (χ1v) is 7.22. The van der Waals surface area contributed by atoms with Crippen LogP contribution in [0.5, 0.6) is 0 Å². The van der Waals surface area contributed by atoms with Crippen molar-refractivity contribution in [2.45, 2.75) is 40.5 Å². The molecule has 2 aromatic rings. The van der Waals surface area contributed by atoms with E-state index in [-0.39, 0.29) is 0 Å². The van der Waals surface area contributed by atoms with Gasteiger partial charge in [0.15, 0.2) is 0 Å². The van der Waals surface area contributed by atoms with E-state index in [1.165, 1.54) is 22.3 Å². The van der Waals surface area contributed by atoms with Gasteiger partial charge in [-0.15, -0.1) is 0 Å². The van der Waals surface area contributed by atoms with E-state index in [0.29, 0.717) is 0 Å². The van der Waals surface area contributed by atoms with Gasteiger partial charge in [-0.05, 0) is 67.2 Å². The third-order valence-corrected chi connectivity index (χ3v) is 3.87. The molecule has 0 aliphatic rings. The molecule has 0 bridgehead atoms. The van der Waals surface area contributed by atoms with Gasteiger partial charge < -0.3 is 0 Å². The van der Waals surface area contributed by atoms with E-state index in [1.807, 2.05) is 6.92 Å². The molecule has 0 aliphatic carbocycles. The topological polar surface area (TPSA) is 12.9 Å². The summed E-state index contributed by atoms with van der Waals surface area (Å²) in [5, 5.41) is 0. The Bertz CT molecular complexity index is 638. The van der Waals surface area contributed by atoms with Crippen LogP contribution in [0.3, 0.4) is 0 Å². The van der Waals surface area contributed by atoms with Gasteiger partial charge in [0, 0.05) is 12.1 Å². The Balaban J connectivity index is 2.40. The quantitative estimate of drug-likeness (QED) is 0.767.